The highest BCUT2D eigenvalue weighted by Gasteiger charge is 2.44. The van der Waals surface area contributed by atoms with Crippen LogP contribution in [0.5, 0.6) is 11.5 Å². The molecule has 1 saturated carbocycles. The standard InChI is InChI=1S/C37H54N6O6S2/c1-25(44)49-37-10-7-26-16-29(34(47)31(17-26)48-2)22-43-23-36(21-33(43)46,19-27-9-13-40-32(38)18-27)12-14-41-35(39)42-24-51-50-15-5-3-4-6-28(8-11-37)30(45)20-37/h9,13,16-18,28,30,45,47H,3-8,10-12,14-15,19-24H2,1-2H3,(H2,38,40)(H3,39,41,42)/t28-,30-,36+,37+/m1/s1. The quantitative estimate of drug-likeness (QED) is 0.210. The molecule has 6 bridgehead atoms. The van der Waals surface area contributed by atoms with E-state index in [0.29, 0.717) is 87.0 Å². The lowest BCUT2D eigenvalue weighted by Crippen LogP contribution is -2.45. The first-order valence-electron chi connectivity index (χ1n) is 18.0. The number of methoxy groups -OCH3 is 1. The molecule has 1 saturated heterocycles. The Morgan fingerprint density at radius 3 is 2.75 bits per heavy atom. The number of phenols is 1. The Labute approximate surface area is 309 Å². The van der Waals surface area contributed by atoms with Crippen molar-refractivity contribution in [1.29, 1.82) is 0 Å². The fourth-order valence-electron chi connectivity index (χ4n) is 8.02. The van der Waals surface area contributed by atoms with Gasteiger partial charge in [-0.3, -0.25) is 9.59 Å². The van der Waals surface area contributed by atoms with Crippen LogP contribution < -0.4 is 21.5 Å². The number of benzene rings is 1. The van der Waals surface area contributed by atoms with E-state index < -0.39 is 17.1 Å². The van der Waals surface area contributed by atoms with Crippen LogP contribution >= 0.6 is 21.6 Å². The average Bonchev–Trinajstić information content (AvgIpc) is 3.38. The third kappa shape index (κ3) is 10.8. The summed E-state index contributed by atoms with van der Waals surface area (Å²) in [4.78, 5) is 36.5. The maximum absolute atomic E-state index is 13.7. The van der Waals surface area contributed by atoms with Crippen molar-refractivity contribution in [2.75, 3.05) is 37.6 Å². The molecule has 1 aliphatic carbocycles. The first-order valence-corrected chi connectivity index (χ1v) is 20.5. The summed E-state index contributed by atoms with van der Waals surface area (Å²) in [5.41, 5.74) is 13.5. The number of esters is 1. The number of pyridine rings is 1. The molecule has 1 aromatic carbocycles. The number of carbonyl (C=O) groups is 2. The van der Waals surface area contributed by atoms with Gasteiger partial charge in [0.1, 0.15) is 11.4 Å². The highest BCUT2D eigenvalue weighted by atomic mass is 33.1. The third-order valence-electron chi connectivity index (χ3n) is 10.6. The molecule has 4 aliphatic rings. The molecule has 1 amide bonds. The maximum Gasteiger partial charge on any atom is 0.303 e. The fourth-order valence-corrected chi connectivity index (χ4v) is 9.81. The van der Waals surface area contributed by atoms with E-state index in [1.807, 2.05) is 18.2 Å². The van der Waals surface area contributed by atoms with Crippen molar-refractivity contribution < 1.29 is 29.3 Å². The van der Waals surface area contributed by atoms with E-state index in [9.17, 15) is 19.8 Å². The Bertz CT molecular complexity index is 1550. The van der Waals surface area contributed by atoms with E-state index in [-0.39, 0.29) is 30.1 Å². The van der Waals surface area contributed by atoms with Crippen LogP contribution in [0.3, 0.4) is 0 Å². The molecule has 2 aromatic rings. The summed E-state index contributed by atoms with van der Waals surface area (Å²) in [6, 6.07) is 7.50. The number of aryl methyl sites for hydroxylation is 1. The summed E-state index contributed by atoms with van der Waals surface area (Å²) in [5, 5.41) is 25.8. The number of aromatic nitrogens is 1. The van der Waals surface area contributed by atoms with E-state index >= 15 is 0 Å². The first-order chi connectivity index (χ1) is 24.5. The van der Waals surface area contributed by atoms with Crippen molar-refractivity contribution in [2.24, 2.45) is 22.1 Å². The Kier molecular flexibility index (Phi) is 13.7. The third-order valence-corrected chi connectivity index (χ3v) is 12.8. The second kappa shape index (κ2) is 17.9. The number of aromatic hydroxyl groups is 1. The molecule has 280 valence electrons. The van der Waals surface area contributed by atoms with Crippen LogP contribution in [0.1, 0.15) is 87.8 Å². The van der Waals surface area contributed by atoms with Crippen LogP contribution in [0.15, 0.2) is 35.5 Å². The molecular weight excluding hydrogens is 689 g/mol. The molecule has 14 heteroatoms. The van der Waals surface area contributed by atoms with Crippen LogP contribution in [-0.4, -0.2) is 81.5 Å². The second-order valence-electron chi connectivity index (χ2n) is 14.5. The van der Waals surface area contributed by atoms with Gasteiger partial charge in [0.15, 0.2) is 17.5 Å². The van der Waals surface area contributed by atoms with Gasteiger partial charge in [0.25, 0.3) is 0 Å². The number of ether oxygens (including phenoxy) is 2. The van der Waals surface area contributed by atoms with E-state index in [1.54, 1.807) is 38.8 Å². The maximum atomic E-state index is 13.7. The number of rotatable bonds is 4. The number of guanidine groups is 1. The highest BCUT2D eigenvalue weighted by Crippen LogP contribution is 2.43. The topological polar surface area (TPSA) is 186 Å². The lowest BCUT2D eigenvalue weighted by molar-refractivity contribution is -0.168. The average molecular weight is 743 g/mol. The van der Waals surface area contributed by atoms with Crippen molar-refractivity contribution in [1.82, 2.24) is 15.2 Å². The first kappa shape index (κ1) is 38.9. The van der Waals surface area contributed by atoms with Gasteiger partial charge in [-0.2, -0.15) is 0 Å². The lowest BCUT2D eigenvalue weighted by atomic mass is 9.72. The van der Waals surface area contributed by atoms with Gasteiger partial charge in [-0.25, -0.2) is 9.98 Å². The summed E-state index contributed by atoms with van der Waals surface area (Å²) in [7, 11) is 4.97. The Balaban J connectivity index is 1.41. The minimum Gasteiger partial charge on any atom is -0.504 e. The number of nitrogens with two attached hydrogens (primary N) is 2. The van der Waals surface area contributed by atoms with E-state index in [1.165, 1.54) is 14.0 Å². The number of amides is 1. The predicted molar refractivity (Wildman–Crippen MR) is 203 cm³/mol. The number of fused-ring (bicyclic) bond motifs is 14. The minimum absolute atomic E-state index is 0.00562. The van der Waals surface area contributed by atoms with Crippen molar-refractivity contribution in [3.63, 3.8) is 0 Å². The van der Waals surface area contributed by atoms with Gasteiger partial charge in [-0.15, -0.1) is 0 Å². The van der Waals surface area contributed by atoms with Gasteiger partial charge in [0.2, 0.25) is 5.91 Å². The lowest BCUT2D eigenvalue weighted by Gasteiger charge is -2.42. The summed E-state index contributed by atoms with van der Waals surface area (Å²) < 4.78 is 11.6. The van der Waals surface area contributed by atoms with Crippen LogP contribution in [0.4, 0.5) is 5.82 Å². The highest BCUT2D eigenvalue weighted by molar-refractivity contribution is 8.76. The number of anilines is 1. The number of phenolic OH excluding ortho intramolecular Hbond substituents is 1. The number of hydrogen-bond donors (Lipinski definition) is 5. The molecule has 12 nitrogen and oxygen atoms in total. The number of nitrogens with zero attached hydrogens (tertiary/aromatic N) is 3. The molecule has 51 heavy (non-hydrogen) atoms. The largest absolute Gasteiger partial charge is 0.504 e. The number of aliphatic hydroxyl groups excluding tert-OH is 1. The monoisotopic (exact) mass is 742 g/mol. The SMILES string of the molecule is COc1cc2cc(c1O)CN1C[C@](Cc3ccnc(N)c3)(CCNC(N)=NCSSCCCCC[C@@H]3CC[C@@](OC(C)=O)(CC2)C[C@H]3O)CC1=O. The summed E-state index contributed by atoms with van der Waals surface area (Å²) >= 11 is 0. The van der Waals surface area contributed by atoms with Crippen LogP contribution in [0, 0.1) is 11.3 Å². The van der Waals surface area contributed by atoms with E-state index in [2.05, 4.69) is 15.3 Å². The summed E-state index contributed by atoms with van der Waals surface area (Å²) in [6.45, 7) is 2.65. The van der Waals surface area contributed by atoms with Gasteiger partial charge >= 0.3 is 5.97 Å². The Morgan fingerprint density at radius 1 is 1.14 bits per heavy atom. The molecule has 0 spiro atoms. The zero-order valence-corrected chi connectivity index (χ0v) is 31.5. The number of carbonyl (C=O) groups excluding carboxylic acids is 2. The smallest absolute Gasteiger partial charge is 0.303 e. The van der Waals surface area contributed by atoms with Crippen LogP contribution in [0.25, 0.3) is 0 Å². The normalized spacial score (nSPS) is 27.3. The molecule has 2 fully saturated rings. The Hall–Kier alpha value is -3.36. The molecule has 0 radical (unpaired) electrons. The van der Waals surface area contributed by atoms with Gasteiger partial charge in [0.05, 0.1) is 19.1 Å². The fraction of sp³-hybridized carbons (Fsp3) is 0.622. The minimum atomic E-state index is -0.771. The number of nitrogen functional groups attached to an aromatic ring is 1. The predicted octanol–water partition coefficient (Wildman–Crippen LogP) is 4.94. The van der Waals surface area contributed by atoms with Crippen molar-refractivity contribution in [3.05, 3.63) is 47.2 Å². The molecular formula is C37H54N6O6S2. The number of aliphatic hydroxyl groups is 1. The van der Waals surface area contributed by atoms with Crippen molar-refractivity contribution in [3.8, 4) is 11.5 Å². The number of hydrogen-bond acceptors (Lipinski definition) is 13. The molecule has 0 unspecified atom stereocenters. The van der Waals surface area contributed by atoms with Crippen molar-refractivity contribution in [2.45, 2.75) is 102 Å². The zero-order chi connectivity index (χ0) is 36.4. The van der Waals surface area contributed by atoms with Gasteiger partial charge < -0.3 is 41.4 Å². The second-order valence-corrected chi connectivity index (χ2v) is 17.0. The van der Waals surface area contributed by atoms with Gasteiger partial charge in [-0.1, -0.05) is 40.5 Å². The van der Waals surface area contributed by atoms with Crippen LogP contribution in [0.2, 0.25) is 0 Å². The summed E-state index contributed by atoms with van der Waals surface area (Å²) in [6.07, 6.45) is 9.88. The molecule has 4 atom stereocenters. The molecule has 4 heterocycles. The summed E-state index contributed by atoms with van der Waals surface area (Å²) in [5.74, 6) is 2.51. The molecule has 6 rings (SSSR count). The Morgan fingerprint density at radius 2 is 1.98 bits per heavy atom. The van der Waals surface area contributed by atoms with Crippen LogP contribution in [-0.2, 0) is 33.7 Å². The van der Waals surface area contributed by atoms with Crippen molar-refractivity contribution >= 4 is 45.2 Å². The van der Waals surface area contributed by atoms with E-state index in [4.69, 9.17) is 20.9 Å². The van der Waals surface area contributed by atoms with E-state index in [0.717, 1.165) is 49.0 Å². The van der Waals surface area contributed by atoms with Gasteiger partial charge in [0, 0.05) is 62.3 Å². The molecule has 1 aromatic heterocycles. The molecule has 3 aliphatic heterocycles. The zero-order valence-electron chi connectivity index (χ0n) is 29.9. The number of aliphatic imine (C=N–C) groups is 1. The number of nitrogens with one attached hydrogen (secondary N) is 1. The van der Waals surface area contributed by atoms with Gasteiger partial charge in [-0.05, 0) is 86.6 Å². The molecule has 7 N–H and O–H groups in total.